The first-order chi connectivity index (χ1) is 21.4. The first-order valence-electron chi connectivity index (χ1n) is 14.9. The highest BCUT2D eigenvalue weighted by atomic mass is 16.7. The third kappa shape index (κ3) is 6.82. The molecule has 4 amide bonds. The predicted octanol–water partition coefficient (Wildman–Crippen LogP) is 0.817. The summed E-state index contributed by atoms with van der Waals surface area (Å²) in [5, 5.41) is 14.0. The van der Waals surface area contributed by atoms with Crippen LogP contribution in [0.5, 0.6) is 11.5 Å². The topological polar surface area (TPSA) is 148 Å². The van der Waals surface area contributed by atoms with Crippen molar-refractivity contribution in [2.45, 2.75) is 57.3 Å². The van der Waals surface area contributed by atoms with Crippen LogP contribution in [0.25, 0.3) is 0 Å². The highest BCUT2D eigenvalue weighted by Crippen LogP contribution is 2.32. The highest BCUT2D eigenvalue weighted by molar-refractivity contribution is 5.93. The lowest BCUT2D eigenvalue weighted by Crippen LogP contribution is -2.64. The van der Waals surface area contributed by atoms with E-state index in [9.17, 15) is 19.2 Å². The zero-order valence-electron chi connectivity index (χ0n) is 24.3. The first kappa shape index (κ1) is 29.1. The van der Waals surface area contributed by atoms with Gasteiger partial charge >= 0.3 is 0 Å². The van der Waals surface area contributed by atoms with Gasteiger partial charge in [-0.05, 0) is 36.1 Å². The summed E-state index contributed by atoms with van der Waals surface area (Å²) >= 11 is 0. The molecule has 0 saturated carbocycles. The molecule has 0 unspecified atom stereocenters. The van der Waals surface area contributed by atoms with E-state index in [0.717, 1.165) is 11.1 Å². The summed E-state index contributed by atoms with van der Waals surface area (Å²) in [5.41, 5.74) is 2.39. The molecule has 1 fully saturated rings. The fraction of sp³-hybridized carbons (Fsp3) is 0.419. The number of piperazine rings is 1. The summed E-state index contributed by atoms with van der Waals surface area (Å²) in [6.07, 6.45) is 3.46. The lowest BCUT2D eigenvalue weighted by Gasteiger charge is -2.42. The Labute approximate surface area is 254 Å². The van der Waals surface area contributed by atoms with Gasteiger partial charge in [-0.3, -0.25) is 23.9 Å². The Balaban J connectivity index is 1.20. The molecule has 44 heavy (non-hydrogen) atoms. The van der Waals surface area contributed by atoms with Crippen LogP contribution in [0, 0.1) is 0 Å². The molecule has 2 atom stereocenters. The van der Waals surface area contributed by atoms with Crippen molar-refractivity contribution in [1.82, 2.24) is 35.4 Å². The maximum absolute atomic E-state index is 14.1. The molecule has 1 aromatic heterocycles. The van der Waals surface area contributed by atoms with Crippen molar-refractivity contribution in [3.8, 4) is 11.5 Å². The van der Waals surface area contributed by atoms with E-state index < -0.39 is 18.0 Å². The smallest absolute Gasteiger partial charge is 0.246 e. The molecule has 0 aliphatic carbocycles. The van der Waals surface area contributed by atoms with E-state index in [1.54, 1.807) is 15.8 Å². The van der Waals surface area contributed by atoms with Gasteiger partial charge in [0.1, 0.15) is 17.8 Å². The molecule has 3 aliphatic rings. The van der Waals surface area contributed by atoms with Crippen molar-refractivity contribution < 1.29 is 28.7 Å². The van der Waals surface area contributed by atoms with E-state index in [2.05, 4.69) is 20.9 Å². The van der Waals surface area contributed by atoms with E-state index >= 15 is 0 Å². The summed E-state index contributed by atoms with van der Waals surface area (Å²) in [7, 11) is 0. The summed E-state index contributed by atoms with van der Waals surface area (Å²) in [5.74, 6) is 0.213. The fourth-order valence-corrected chi connectivity index (χ4v) is 5.75. The number of ether oxygens (including phenoxy) is 2. The molecular formula is C31H35N7O6. The monoisotopic (exact) mass is 601 g/mol. The molecule has 0 spiro atoms. The van der Waals surface area contributed by atoms with Crippen LogP contribution in [-0.4, -0.2) is 86.9 Å². The van der Waals surface area contributed by atoms with Gasteiger partial charge < -0.3 is 29.9 Å². The number of fused-ring (bicyclic) bond motifs is 4. The minimum absolute atomic E-state index is 0.0379. The molecule has 2 N–H and O–H groups in total. The number of hydrogen-bond acceptors (Lipinski definition) is 8. The van der Waals surface area contributed by atoms with Gasteiger partial charge in [0.25, 0.3) is 0 Å². The number of rotatable bonds is 5. The number of aromatic nitrogens is 3. The van der Waals surface area contributed by atoms with Crippen LogP contribution in [0.15, 0.2) is 54.7 Å². The Hall–Kier alpha value is -4.94. The average Bonchev–Trinajstić information content (AvgIpc) is 3.71. The van der Waals surface area contributed by atoms with Gasteiger partial charge in [-0.25, -0.2) is 0 Å². The molecule has 0 radical (unpaired) electrons. The number of carbonyl (C=O) groups excluding carboxylic acids is 4. The van der Waals surface area contributed by atoms with Crippen molar-refractivity contribution in [2.24, 2.45) is 0 Å². The zero-order chi connectivity index (χ0) is 30.5. The SMILES string of the molecule is O=C1CCCn2cc(nn2)CNC(=O)[C@H]2CN(C(=O)CCc3ccc4c(c3)OCO4)CCN2C(=O)[C@H](Cc2ccccc2)N1. The van der Waals surface area contributed by atoms with Gasteiger partial charge in [0.2, 0.25) is 30.4 Å². The molecule has 6 rings (SSSR count). The second-order valence-electron chi connectivity index (χ2n) is 11.2. The van der Waals surface area contributed by atoms with E-state index in [1.165, 1.54) is 4.90 Å². The second kappa shape index (κ2) is 13.1. The average molecular weight is 602 g/mol. The maximum atomic E-state index is 14.1. The Bertz CT molecular complexity index is 1530. The molecule has 1 saturated heterocycles. The van der Waals surface area contributed by atoms with Crippen LogP contribution in [-0.2, 0) is 45.1 Å². The summed E-state index contributed by atoms with van der Waals surface area (Å²) in [6, 6.07) is 13.2. The number of carbonyl (C=O) groups is 4. The Morgan fingerprint density at radius 3 is 2.68 bits per heavy atom. The number of nitrogens with zero attached hydrogens (tertiary/aromatic N) is 5. The number of aryl methyl sites for hydroxylation is 2. The molecule has 13 nitrogen and oxygen atoms in total. The molecule has 2 bridgehead atoms. The van der Waals surface area contributed by atoms with Crippen molar-refractivity contribution >= 4 is 23.6 Å². The quantitative estimate of drug-likeness (QED) is 0.437. The number of hydrogen-bond donors (Lipinski definition) is 2. The molecule has 2 aromatic carbocycles. The minimum atomic E-state index is -0.943. The van der Waals surface area contributed by atoms with E-state index in [0.29, 0.717) is 36.6 Å². The highest BCUT2D eigenvalue weighted by Gasteiger charge is 2.39. The van der Waals surface area contributed by atoms with Gasteiger partial charge in [0, 0.05) is 38.9 Å². The van der Waals surface area contributed by atoms with Crippen LogP contribution in [0.2, 0.25) is 0 Å². The standard InChI is InChI=1S/C31H35N7O6/c39-28-7-4-12-37-18-23(34-35-37)17-32-30(41)25-19-36(29(40)11-9-22-8-10-26-27(16-22)44-20-43-26)13-14-38(25)31(42)24(33-28)15-21-5-2-1-3-6-21/h1-3,5-6,8,10,16,18,24-25H,4,7,9,11-15,17,19-20H2,(H,32,41)(H,33,39)/t24-,25+/m0/s1. The first-order valence-corrected chi connectivity index (χ1v) is 14.9. The van der Waals surface area contributed by atoms with Gasteiger partial charge in [-0.2, -0.15) is 0 Å². The van der Waals surface area contributed by atoms with Crippen LogP contribution < -0.4 is 20.1 Å². The number of amides is 4. The predicted molar refractivity (Wildman–Crippen MR) is 156 cm³/mol. The summed E-state index contributed by atoms with van der Waals surface area (Å²) in [6.45, 7) is 1.25. The van der Waals surface area contributed by atoms with E-state index in [1.807, 2.05) is 48.5 Å². The number of nitrogens with one attached hydrogen (secondary N) is 2. The number of benzene rings is 2. The summed E-state index contributed by atoms with van der Waals surface area (Å²) in [4.78, 5) is 57.2. The fourth-order valence-electron chi connectivity index (χ4n) is 5.75. The van der Waals surface area contributed by atoms with E-state index in [4.69, 9.17) is 9.47 Å². The van der Waals surface area contributed by atoms with Crippen molar-refractivity contribution in [1.29, 1.82) is 0 Å². The summed E-state index contributed by atoms with van der Waals surface area (Å²) < 4.78 is 12.5. The van der Waals surface area contributed by atoms with Gasteiger partial charge in [0.05, 0.1) is 19.3 Å². The third-order valence-corrected chi connectivity index (χ3v) is 8.12. The maximum Gasteiger partial charge on any atom is 0.246 e. The third-order valence-electron chi connectivity index (χ3n) is 8.12. The Morgan fingerprint density at radius 2 is 1.82 bits per heavy atom. The molecule has 4 heterocycles. The van der Waals surface area contributed by atoms with Crippen LogP contribution >= 0.6 is 0 Å². The second-order valence-corrected chi connectivity index (χ2v) is 11.2. The molecule has 3 aromatic rings. The zero-order valence-corrected chi connectivity index (χ0v) is 24.3. The van der Waals surface area contributed by atoms with Gasteiger partial charge in [-0.15, -0.1) is 5.10 Å². The molecular weight excluding hydrogens is 566 g/mol. The lowest BCUT2D eigenvalue weighted by atomic mass is 10.0. The van der Waals surface area contributed by atoms with Crippen molar-refractivity contribution in [3.05, 3.63) is 71.5 Å². The van der Waals surface area contributed by atoms with Gasteiger partial charge in [-0.1, -0.05) is 41.6 Å². The van der Waals surface area contributed by atoms with Crippen LogP contribution in [0.1, 0.15) is 36.1 Å². The molecule has 3 aliphatic heterocycles. The minimum Gasteiger partial charge on any atom is -0.454 e. The Kier molecular flexibility index (Phi) is 8.71. The normalized spacial score (nSPS) is 20.7. The van der Waals surface area contributed by atoms with Crippen LogP contribution in [0.4, 0.5) is 0 Å². The largest absolute Gasteiger partial charge is 0.454 e. The van der Waals surface area contributed by atoms with Crippen molar-refractivity contribution in [3.63, 3.8) is 0 Å². The van der Waals surface area contributed by atoms with Crippen LogP contribution in [0.3, 0.4) is 0 Å². The molecule has 230 valence electrons. The Morgan fingerprint density at radius 1 is 0.977 bits per heavy atom. The van der Waals surface area contributed by atoms with E-state index in [-0.39, 0.29) is 70.0 Å². The molecule has 13 heteroatoms. The van der Waals surface area contributed by atoms with Gasteiger partial charge in [0.15, 0.2) is 11.5 Å². The van der Waals surface area contributed by atoms with Crippen molar-refractivity contribution in [2.75, 3.05) is 26.4 Å². The lowest BCUT2D eigenvalue weighted by molar-refractivity contribution is -0.150.